The van der Waals surface area contributed by atoms with Crippen molar-refractivity contribution >= 4 is 21.4 Å². The number of sulfone groups is 1. The standard InChI is InChI=1S/C8H13N3O2S2/c12-15(13)2-1-7(6-15)3-9-4-8-5-14-11-10-8/h5,7,9H,1-4,6H2. The number of rotatable bonds is 4. The highest BCUT2D eigenvalue weighted by molar-refractivity contribution is 7.91. The van der Waals surface area contributed by atoms with E-state index in [9.17, 15) is 8.42 Å². The van der Waals surface area contributed by atoms with Crippen LogP contribution in [0.1, 0.15) is 12.1 Å². The van der Waals surface area contributed by atoms with E-state index in [2.05, 4.69) is 14.9 Å². The van der Waals surface area contributed by atoms with Crippen molar-refractivity contribution in [3.63, 3.8) is 0 Å². The first kappa shape index (κ1) is 11.0. The first-order chi connectivity index (χ1) is 7.16. The van der Waals surface area contributed by atoms with Gasteiger partial charge >= 0.3 is 0 Å². The fraction of sp³-hybridized carbons (Fsp3) is 0.750. The molecule has 2 heterocycles. The third-order valence-electron chi connectivity index (χ3n) is 2.47. The normalized spacial score (nSPS) is 24.4. The molecule has 0 spiro atoms. The molecule has 1 aromatic heterocycles. The second-order valence-electron chi connectivity index (χ2n) is 3.80. The average Bonchev–Trinajstić information content (AvgIpc) is 2.76. The smallest absolute Gasteiger partial charge is 0.150 e. The van der Waals surface area contributed by atoms with Gasteiger partial charge in [0.1, 0.15) is 0 Å². The maximum absolute atomic E-state index is 11.2. The molecule has 15 heavy (non-hydrogen) atoms. The Bertz CT molecular complexity index is 402. The molecule has 0 aliphatic carbocycles. The summed E-state index contributed by atoms with van der Waals surface area (Å²) < 4.78 is 26.1. The Morgan fingerprint density at radius 1 is 1.60 bits per heavy atom. The molecule has 1 saturated heterocycles. The van der Waals surface area contributed by atoms with Crippen molar-refractivity contribution < 1.29 is 8.42 Å². The van der Waals surface area contributed by atoms with Gasteiger partial charge in [-0.2, -0.15) is 0 Å². The molecule has 7 heteroatoms. The van der Waals surface area contributed by atoms with Gasteiger partial charge in [-0.05, 0) is 30.4 Å². The molecule has 0 radical (unpaired) electrons. The van der Waals surface area contributed by atoms with E-state index < -0.39 is 9.84 Å². The average molecular weight is 247 g/mol. The van der Waals surface area contributed by atoms with Crippen LogP contribution in [0.15, 0.2) is 5.38 Å². The Morgan fingerprint density at radius 3 is 3.07 bits per heavy atom. The molecule has 2 rings (SSSR count). The SMILES string of the molecule is O=S1(=O)CCC(CNCc2csnn2)C1. The molecule has 5 nitrogen and oxygen atoms in total. The van der Waals surface area contributed by atoms with Crippen LogP contribution >= 0.6 is 11.5 Å². The van der Waals surface area contributed by atoms with E-state index in [1.165, 1.54) is 11.5 Å². The minimum Gasteiger partial charge on any atom is -0.311 e. The molecule has 1 aromatic rings. The lowest BCUT2D eigenvalue weighted by molar-refractivity contribution is 0.517. The van der Waals surface area contributed by atoms with Crippen LogP contribution in [0, 0.1) is 5.92 Å². The molecule has 0 amide bonds. The van der Waals surface area contributed by atoms with E-state index >= 15 is 0 Å². The minimum absolute atomic E-state index is 0.265. The Labute approximate surface area is 93.0 Å². The fourth-order valence-corrected chi connectivity index (χ4v) is 4.01. The van der Waals surface area contributed by atoms with Gasteiger partial charge in [-0.15, -0.1) is 5.10 Å². The number of nitrogens with one attached hydrogen (secondary N) is 1. The number of nitrogens with zero attached hydrogens (tertiary/aromatic N) is 2. The number of hydrogen-bond donors (Lipinski definition) is 1. The quantitative estimate of drug-likeness (QED) is 0.814. The highest BCUT2D eigenvalue weighted by atomic mass is 32.2. The lowest BCUT2D eigenvalue weighted by Gasteiger charge is -2.07. The van der Waals surface area contributed by atoms with E-state index in [-0.39, 0.29) is 5.92 Å². The second kappa shape index (κ2) is 4.54. The summed E-state index contributed by atoms with van der Waals surface area (Å²) in [6.07, 6.45) is 0.782. The predicted octanol–water partition coefficient (Wildman–Crippen LogP) is 0.0624. The number of hydrogen-bond acceptors (Lipinski definition) is 6. The zero-order valence-electron chi connectivity index (χ0n) is 8.22. The fourth-order valence-electron chi connectivity index (χ4n) is 1.70. The van der Waals surface area contributed by atoms with Gasteiger partial charge in [0, 0.05) is 11.9 Å². The number of aromatic nitrogens is 2. The molecular weight excluding hydrogens is 234 g/mol. The summed E-state index contributed by atoms with van der Waals surface area (Å²) in [5, 5.41) is 8.99. The maximum atomic E-state index is 11.2. The summed E-state index contributed by atoms with van der Waals surface area (Å²) >= 11 is 1.33. The Hall–Kier alpha value is -0.530. The van der Waals surface area contributed by atoms with E-state index in [1.54, 1.807) is 0 Å². The van der Waals surface area contributed by atoms with Gasteiger partial charge < -0.3 is 5.32 Å². The molecule has 1 aliphatic rings. The zero-order chi connectivity index (χ0) is 10.7. The lowest BCUT2D eigenvalue weighted by atomic mass is 10.1. The van der Waals surface area contributed by atoms with E-state index in [0.717, 1.165) is 18.7 Å². The van der Waals surface area contributed by atoms with Crippen LogP contribution in [0.2, 0.25) is 0 Å². The molecule has 84 valence electrons. The summed E-state index contributed by atoms with van der Waals surface area (Å²) in [6, 6.07) is 0. The maximum Gasteiger partial charge on any atom is 0.150 e. The molecular formula is C8H13N3O2S2. The summed E-state index contributed by atoms with van der Waals surface area (Å²) in [4.78, 5) is 0. The van der Waals surface area contributed by atoms with Crippen molar-refractivity contribution in [1.82, 2.24) is 14.9 Å². The van der Waals surface area contributed by atoms with Gasteiger partial charge in [0.25, 0.3) is 0 Å². The van der Waals surface area contributed by atoms with Gasteiger partial charge in [0.15, 0.2) is 9.84 Å². The molecule has 1 aliphatic heterocycles. The van der Waals surface area contributed by atoms with Crippen LogP contribution in [-0.4, -0.2) is 36.1 Å². The first-order valence-electron chi connectivity index (χ1n) is 4.83. The molecule has 1 N–H and O–H groups in total. The van der Waals surface area contributed by atoms with Crippen molar-refractivity contribution in [2.75, 3.05) is 18.1 Å². The van der Waals surface area contributed by atoms with Crippen LogP contribution in [-0.2, 0) is 16.4 Å². The highest BCUT2D eigenvalue weighted by Crippen LogP contribution is 2.17. The van der Waals surface area contributed by atoms with Gasteiger partial charge in [0.05, 0.1) is 17.2 Å². The Morgan fingerprint density at radius 2 is 2.47 bits per heavy atom. The van der Waals surface area contributed by atoms with Gasteiger partial charge in [-0.1, -0.05) is 4.49 Å². The van der Waals surface area contributed by atoms with Crippen LogP contribution in [0.5, 0.6) is 0 Å². The van der Waals surface area contributed by atoms with Crippen LogP contribution in [0.25, 0.3) is 0 Å². The predicted molar refractivity (Wildman–Crippen MR) is 58.4 cm³/mol. The minimum atomic E-state index is -2.75. The van der Waals surface area contributed by atoms with Crippen LogP contribution < -0.4 is 5.32 Å². The van der Waals surface area contributed by atoms with E-state index in [4.69, 9.17) is 0 Å². The molecule has 1 unspecified atom stereocenters. The molecule has 1 fully saturated rings. The Kier molecular flexibility index (Phi) is 3.32. The topological polar surface area (TPSA) is 72.0 Å². The Balaban J connectivity index is 1.71. The molecule has 0 saturated carbocycles. The lowest BCUT2D eigenvalue weighted by Crippen LogP contribution is -2.23. The van der Waals surface area contributed by atoms with Crippen molar-refractivity contribution in [3.8, 4) is 0 Å². The summed E-state index contributed by atoms with van der Waals surface area (Å²) in [6.45, 7) is 1.42. The summed E-state index contributed by atoms with van der Waals surface area (Å²) in [7, 11) is -2.75. The third-order valence-corrected chi connectivity index (χ3v) is 4.86. The van der Waals surface area contributed by atoms with Crippen molar-refractivity contribution in [1.29, 1.82) is 0 Å². The second-order valence-corrected chi connectivity index (χ2v) is 6.63. The summed E-state index contributed by atoms with van der Waals surface area (Å²) in [5.74, 6) is 0.939. The third kappa shape index (κ3) is 3.22. The van der Waals surface area contributed by atoms with Gasteiger partial charge in [0.2, 0.25) is 0 Å². The van der Waals surface area contributed by atoms with Crippen LogP contribution in [0.4, 0.5) is 0 Å². The van der Waals surface area contributed by atoms with Gasteiger partial charge in [-0.3, -0.25) is 0 Å². The largest absolute Gasteiger partial charge is 0.311 e. The zero-order valence-corrected chi connectivity index (χ0v) is 9.85. The van der Waals surface area contributed by atoms with Crippen molar-refractivity contribution in [2.45, 2.75) is 13.0 Å². The van der Waals surface area contributed by atoms with Crippen molar-refractivity contribution in [3.05, 3.63) is 11.1 Å². The molecule has 0 aromatic carbocycles. The van der Waals surface area contributed by atoms with Crippen molar-refractivity contribution in [2.24, 2.45) is 5.92 Å². The van der Waals surface area contributed by atoms with E-state index in [0.29, 0.717) is 18.1 Å². The highest BCUT2D eigenvalue weighted by Gasteiger charge is 2.27. The molecule has 0 bridgehead atoms. The summed E-state index contributed by atoms with van der Waals surface area (Å²) in [5.41, 5.74) is 0.917. The van der Waals surface area contributed by atoms with E-state index in [1.807, 2.05) is 5.38 Å². The monoisotopic (exact) mass is 247 g/mol. The van der Waals surface area contributed by atoms with Gasteiger partial charge in [-0.25, -0.2) is 8.42 Å². The van der Waals surface area contributed by atoms with Crippen LogP contribution in [0.3, 0.4) is 0 Å². The first-order valence-corrected chi connectivity index (χ1v) is 7.48. The molecule has 1 atom stereocenters.